The number of likely N-dealkylation sites (tertiary alicyclic amines) is 1. The van der Waals surface area contributed by atoms with E-state index in [-0.39, 0.29) is 24.6 Å². The third-order valence-corrected chi connectivity index (χ3v) is 5.55. The zero-order valence-corrected chi connectivity index (χ0v) is 16.7. The molecule has 3 aromatic rings. The standard InChI is InChI=1S/C22H21N5O4/c28-21(15-3-4-18-19(12-15)31-14-30-18)25-20-5-9-24-27(20)17-6-10-26(11-7-17)22(29)16-2-1-8-23-13-16/h1-5,8-9,12-13,17H,6-7,10-11,14H2,(H,25,28). The van der Waals surface area contributed by atoms with Gasteiger partial charge >= 0.3 is 0 Å². The Labute approximate surface area is 178 Å². The molecule has 9 heteroatoms. The Morgan fingerprint density at radius 2 is 1.84 bits per heavy atom. The number of amides is 2. The Bertz CT molecular complexity index is 1110. The van der Waals surface area contributed by atoms with Gasteiger partial charge in [-0.2, -0.15) is 5.10 Å². The van der Waals surface area contributed by atoms with E-state index in [0.717, 1.165) is 12.8 Å². The van der Waals surface area contributed by atoms with Crippen molar-refractivity contribution in [1.82, 2.24) is 19.7 Å². The highest BCUT2D eigenvalue weighted by atomic mass is 16.7. The summed E-state index contributed by atoms with van der Waals surface area (Å²) in [5.41, 5.74) is 1.07. The Kier molecular flexibility index (Phi) is 4.99. The van der Waals surface area contributed by atoms with E-state index in [0.29, 0.717) is 41.5 Å². The van der Waals surface area contributed by atoms with Gasteiger partial charge in [-0.15, -0.1) is 0 Å². The summed E-state index contributed by atoms with van der Waals surface area (Å²) in [5.74, 6) is 1.56. The maximum atomic E-state index is 12.7. The maximum Gasteiger partial charge on any atom is 0.256 e. The molecule has 2 amide bonds. The predicted molar refractivity (Wildman–Crippen MR) is 111 cm³/mol. The van der Waals surface area contributed by atoms with Crippen LogP contribution >= 0.6 is 0 Å². The minimum Gasteiger partial charge on any atom is -0.454 e. The molecule has 5 rings (SSSR count). The van der Waals surface area contributed by atoms with E-state index in [9.17, 15) is 9.59 Å². The van der Waals surface area contributed by atoms with Gasteiger partial charge in [0, 0.05) is 37.1 Å². The molecule has 31 heavy (non-hydrogen) atoms. The van der Waals surface area contributed by atoms with Gasteiger partial charge in [-0.25, -0.2) is 4.68 Å². The molecular formula is C22H21N5O4. The normalized spacial score (nSPS) is 15.7. The number of nitrogens with zero attached hydrogens (tertiary/aromatic N) is 4. The van der Waals surface area contributed by atoms with Crippen LogP contribution in [0.3, 0.4) is 0 Å². The van der Waals surface area contributed by atoms with Crippen molar-refractivity contribution in [2.75, 3.05) is 25.2 Å². The largest absolute Gasteiger partial charge is 0.454 e. The molecule has 0 radical (unpaired) electrons. The highest BCUT2D eigenvalue weighted by Crippen LogP contribution is 2.33. The van der Waals surface area contributed by atoms with Crippen molar-refractivity contribution >= 4 is 17.6 Å². The smallest absolute Gasteiger partial charge is 0.256 e. The van der Waals surface area contributed by atoms with Gasteiger partial charge in [0.05, 0.1) is 17.8 Å². The number of aromatic nitrogens is 3. The monoisotopic (exact) mass is 419 g/mol. The number of pyridine rings is 1. The molecule has 1 saturated heterocycles. The number of carbonyl (C=O) groups excluding carboxylic acids is 2. The zero-order valence-electron chi connectivity index (χ0n) is 16.7. The summed E-state index contributed by atoms with van der Waals surface area (Å²) in [7, 11) is 0. The van der Waals surface area contributed by atoms with E-state index in [2.05, 4.69) is 15.4 Å². The van der Waals surface area contributed by atoms with Gasteiger partial charge in [-0.05, 0) is 43.2 Å². The van der Waals surface area contributed by atoms with E-state index < -0.39 is 0 Å². The molecule has 2 aliphatic rings. The topological polar surface area (TPSA) is 98.6 Å². The molecule has 4 heterocycles. The van der Waals surface area contributed by atoms with E-state index >= 15 is 0 Å². The van der Waals surface area contributed by atoms with Crippen LogP contribution in [0.5, 0.6) is 11.5 Å². The van der Waals surface area contributed by atoms with E-state index in [1.807, 2.05) is 9.58 Å². The Morgan fingerprint density at radius 3 is 2.65 bits per heavy atom. The van der Waals surface area contributed by atoms with Crippen LogP contribution in [0.2, 0.25) is 0 Å². The van der Waals surface area contributed by atoms with Crippen molar-refractivity contribution in [2.24, 2.45) is 0 Å². The Morgan fingerprint density at radius 1 is 1.00 bits per heavy atom. The number of anilines is 1. The maximum absolute atomic E-state index is 12.7. The lowest BCUT2D eigenvalue weighted by molar-refractivity contribution is 0.0690. The van der Waals surface area contributed by atoms with Crippen molar-refractivity contribution in [1.29, 1.82) is 0 Å². The second kappa shape index (κ2) is 8.10. The number of benzene rings is 1. The lowest BCUT2D eigenvalue weighted by Gasteiger charge is -2.32. The van der Waals surface area contributed by atoms with Gasteiger partial charge in [-0.3, -0.25) is 14.6 Å². The molecule has 2 aromatic heterocycles. The minimum absolute atomic E-state index is 0.0108. The van der Waals surface area contributed by atoms with Crippen LogP contribution in [0.1, 0.15) is 39.6 Å². The molecule has 0 bridgehead atoms. The molecule has 1 aromatic carbocycles. The number of fused-ring (bicyclic) bond motifs is 1. The number of nitrogens with one attached hydrogen (secondary N) is 1. The van der Waals surface area contributed by atoms with Crippen LogP contribution in [0.25, 0.3) is 0 Å². The van der Waals surface area contributed by atoms with Crippen molar-refractivity contribution in [3.8, 4) is 11.5 Å². The van der Waals surface area contributed by atoms with Crippen molar-refractivity contribution in [2.45, 2.75) is 18.9 Å². The summed E-state index contributed by atoms with van der Waals surface area (Å²) >= 11 is 0. The SMILES string of the molecule is O=C(Nc1ccnn1C1CCN(C(=O)c2cccnc2)CC1)c1ccc2c(c1)OCO2. The summed E-state index contributed by atoms with van der Waals surface area (Å²) in [6, 6.07) is 10.5. The van der Waals surface area contributed by atoms with Gasteiger partial charge in [0.1, 0.15) is 5.82 Å². The van der Waals surface area contributed by atoms with Crippen LogP contribution in [0.15, 0.2) is 55.0 Å². The number of ether oxygens (including phenoxy) is 2. The number of carbonyl (C=O) groups is 2. The first-order valence-electron chi connectivity index (χ1n) is 10.1. The minimum atomic E-state index is -0.246. The zero-order chi connectivity index (χ0) is 21.2. The molecule has 0 unspecified atom stereocenters. The van der Waals surface area contributed by atoms with Crippen molar-refractivity contribution in [3.05, 3.63) is 66.1 Å². The summed E-state index contributed by atoms with van der Waals surface area (Å²) in [5, 5.41) is 7.35. The first kappa shape index (κ1) is 19.1. The van der Waals surface area contributed by atoms with Crippen LogP contribution in [-0.2, 0) is 0 Å². The third kappa shape index (κ3) is 3.81. The van der Waals surface area contributed by atoms with E-state index in [1.165, 1.54) is 0 Å². The molecule has 0 saturated carbocycles. The summed E-state index contributed by atoms with van der Waals surface area (Å²) in [6.07, 6.45) is 6.41. The number of rotatable bonds is 4. The molecule has 2 aliphatic heterocycles. The van der Waals surface area contributed by atoms with Gasteiger partial charge in [0.15, 0.2) is 11.5 Å². The number of hydrogen-bond acceptors (Lipinski definition) is 6. The van der Waals surface area contributed by atoms with Crippen LogP contribution < -0.4 is 14.8 Å². The second-order valence-corrected chi connectivity index (χ2v) is 7.45. The highest BCUT2D eigenvalue weighted by Gasteiger charge is 2.27. The summed E-state index contributed by atoms with van der Waals surface area (Å²) in [4.78, 5) is 31.2. The fourth-order valence-corrected chi connectivity index (χ4v) is 3.92. The molecule has 0 aliphatic carbocycles. The Hall–Kier alpha value is -3.88. The van der Waals surface area contributed by atoms with E-state index in [1.54, 1.807) is 55.0 Å². The quantitative estimate of drug-likeness (QED) is 0.698. The predicted octanol–water partition coefficient (Wildman–Crippen LogP) is 2.74. The first-order chi connectivity index (χ1) is 15.2. The Balaban J connectivity index is 1.24. The fraction of sp³-hybridized carbons (Fsp3) is 0.273. The van der Waals surface area contributed by atoms with Crippen molar-refractivity contribution < 1.29 is 19.1 Å². The average molecular weight is 419 g/mol. The van der Waals surface area contributed by atoms with Gasteiger partial charge in [0.2, 0.25) is 6.79 Å². The molecule has 158 valence electrons. The molecule has 0 spiro atoms. The first-order valence-corrected chi connectivity index (χ1v) is 10.1. The van der Waals surface area contributed by atoms with Crippen LogP contribution in [0.4, 0.5) is 5.82 Å². The molecule has 1 fully saturated rings. The van der Waals surface area contributed by atoms with Gasteiger partial charge < -0.3 is 19.7 Å². The highest BCUT2D eigenvalue weighted by molar-refractivity contribution is 6.04. The van der Waals surface area contributed by atoms with Gasteiger partial charge in [-0.1, -0.05) is 0 Å². The fourth-order valence-electron chi connectivity index (χ4n) is 3.92. The third-order valence-electron chi connectivity index (χ3n) is 5.55. The number of piperidine rings is 1. The average Bonchev–Trinajstić information content (AvgIpc) is 3.48. The molecule has 1 N–H and O–H groups in total. The number of hydrogen-bond donors (Lipinski definition) is 1. The lowest BCUT2D eigenvalue weighted by atomic mass is 10.0. The van der Waals surface area contributed by atoms with E-state index in [4.69, 9.17) is 9.47 Å². The summed E-state index contributed by atoms with van der Waals surface area (Å²) in [6.45, 7) is 1.40. The molecular weight excluding hydrogens is 398 g/mol. The lowest BCUT2D eigenvalue weighted by Crippen LogP contribution is -2.39. The van der Waals surface area contributed by atoms with Crippen molar-refractivity contribution in [3.63, 3.8) is 0 Å². The molecule has 0 atom stereocenters. The second-order valence-electron chi connectivity index (χ2n) is 7.45. The van der Waals surface area contributed by atoms with Crippen LogP contribution in [-0.4, -0.2) is 51.4 Å². The summed E-state index contributed by atoms with van der Waals surface area (Å²) < 4.78 is 12.5. The molecule has 9 nitrogen and oxygen atoms in total. The van der Waals surface area contributed by atoms with Crippen LogP contribution in [0, 0.1) is 0 Å². The van der Waals surface area contributed by atoms with Gasteiger partial charge in [0.25, 0.3) is 11.8 Å².